The van der Waals surface area contributed by atoms with E-state index in [0.29, 0.717) is 5.31 Å². The molecule has 0 aliphatic rings. The molecule has 0 unspecified atom stereocenters. The maximum atomic E-state index is 3.61. The Bertz CT molecular complexity index is 170. The Hall–Kier alpha value is -0.925. The third-order valence-corrected chi connectivity index (χ3v) is 2.10. The monoisotopic (exact) mass is 208 g/mol. The molecule has 0 spiro atoms. The summed E-state index contributed by atoms with van der Waals surface area (Å²) in [5.74, 6) is 0. The molecule has 1 aromatic rings. The molecule has 1 radical (unpaired) electrons. The molecule has 0 aliphatic carbocycles. The van der Waals surface area contributed by atoms with Crippen molar-refractivity contribution in [3.8, 4) is 0 Å². The van der Waals surface area contributed by atoms with Crippen molar-refractivity contribution in [2.75, 3.05) is 0 Å². The Morgan fingerprint density at radius 1 is 1.13 bits per heavy atom. The fraction of sp³-hybridized carbons (Fsp3) is 0.727. The summed E-state index contributed by atoms with van der Waals surface area (Å²) in [5, 5.41) is 7.35. The summed E-state index contributed by atoms with van der Waals surface area (Å²) in [6.07, 6.45) is 5.73. The molecular formula is C11H23BN3. The van der Waals surface area contributed by atoms with Crippen LogP contribution >= 0.6 is 0 Å². The normalized spacial score (nSPS) is 8.93. The minimum absolute atomic E-state index is 0.458. The van der Waals surface area contributed by atoms with Crippen LogP contribution in [0.25, 0.3) is 0 Å². The Labute approximate surface area is 95.0 Å². The first-order valence-corrected chi connectivity index (χ1v) is 5.49. The molecule has 3 nitrogen and oxygen atoms in total. The van der Waals surface area contributed by atoms with Gasteiger partial charge in [-0.15, -0.1) is 5.10 Å². The van der Waals surface area contributed by atoms with Crippen LogP contribution in [0.3, 0.4) is 0 Å². The lowest BCUT2D eigenvalue weighted by Crippen LogP contribution is -2.06. The summed E-state index contributed by atoms with van der Waals surface area (Å²) in [4.78, 5) is 3.61. The van der Waals surface area contributed by atoms with Crippen molar-refractivity contribution in [1.29, 1.82) is 0 Å². The van der Waals surface area contributed by atoms with Gasteiger partial charge >= 0.3 is 0 Å². The molecule has 1 rings (SSSR count). The second-order valence-electron chi connectivity index (χ2n) is 3.42. The molecule has 0 saturated heterocycles. The van der Waals surface area contributed by atoms with E-state index in [0.717, 1.165) is 0 Å². The zero-order valence-electron chi connectivity index (χ0n) is 10.9. The minimum atomic E-state index is 0.458. The number of aromatic nitrogens is 3. The van der Waals surface area contributed by atoms with Crippen LogP contribution in [0, 0.1) is 0 Å². The van der Waals surface area contributed by atoms with E-state index in [1.54, 1.807) is 6.20 Å². The molecule has 15 heavy (non-hydrogen) atoms. The van der Waals surface area contributed by atoms with Crippen LogP contribution in [-0.4, -0.2) is 22.5 Å². The predicted octanol–water partition coefficient (Wildman–Crippen LogP) is 3.25. The van der Waals surface area contributed by atoms with Crippen LogP contribution in [-0.2, 0) is 0 Å². The van der Waals surface area contributed by atoms with Crippen LogP contribution in [0.4, 0.5) is 0 Å². The predicted molar refractivity (Wildman–Crippen MR) is 67.1 cm³/mol. The molecule has 0 bridgehead atoms. The second kappa shape index (κ2) is 11.2. The fourth-order valence-electron chi connectivity index (χ4n) is 0.409. The SMILES string of the molecule is CC.C[B]C(C)(C)CC.c1cnncn1. The summed E-state index contributed by atoms with van der Waals surface area (Å²) < 4.78 is 0. The molecule has 1 aromatic heterocycles. The maximum Gasteiger partial charge on any atom is 0.138 e. The fourth-order valence-corrected chi connectivity index (χ4v) is 0.409. The molecule has 0 amide bonds. The van der Waals surface area contributed by atoms with Crippen LogP contribution in [0.15, 0.2) is 18.7 Å². The highest BCUT2D eigenvalue weighted by molar-refractivity contribution is 6.37. The summed E-state index contributed by atoms with van der Waals surface area (Å²) in [5.41, 5.74) is 0. The van der Waals surface area contributed by atoms with Crippen molar-refractivity contribution in [1.82, 2.24) is 15.2 Å². The third kappa shape index (κ3) is 13.1. The van der Waals surface area contributed by atoms with Crippen molar-refractivity contribution in [2.24, 2.45) is 0 Å². The van der Waals surface area contributed by atoms with E-state index in [2.05, 4.69) is 50.1 Å². The van der Waals surface area contributed by atoms with E-state index in [-0.39, 0.29) is 0 Å². The Balaban J connectivity index is 0. The van der Waals surface area contributed by atoms with E-state index in [1.807, 2.05) is 13.8 Å². The van der Waals surface area contributed by atoms with E-state index >= 15 is 0 Å². The molecule has 0 aliphatic heterocycles. The van der Waals surface area contributed by atoms with E-state index in [9.17, 15) is 0 Å². The van der Waals surface area contributed by atoms with Gasteiger partial charge < -0.3 is 0 Å². The third-order valence-electron chi connectivity index (χ3n) is 2.10. The Morgan fingerprint density at radius 3 is 1.80 bits per heavy atom. The summed E-state index contributed by atoms with van der Waals surface area (Å²) in [6, 6.07) is 0. The van der Waals surface area contributed by atoms with Gasteiger partial charge in [-0.3, -0.25) is 0 Å². The molecule has 1 heterocycles. The summed E-state index contributed by atoms with van der Waals surface area (Å²) in [7, 11) is 2.24. The Morgan fingerprint density at radius 2 is 1.73 bits per heavy atom. The molecule has 0 atom stereocenters. The quantitative estimate of drug-likeness (QED) is 0.700. The topological polar surface area (TPSA) is 38.7 Å². The summed E-state index contributed by atoms with van der Waals surface area (Å²) in [6.45, 7) is 12.8. The van der Waals surface area contributed by atoms with Crippen molar-refractivity contribution < 1.29 is 0 Å². The van der Waals surface area contributed by atoms with Crippen LogP contribution in [0.1, 0.15) is 41.0 Å². The summed E-state index contributed by atoms with van der Waals surface area (Å²) >= 11 is 0. The molecule has 0 N–H and O–H groups in total. The smallest absolute Gasteiger partial charge is 0.138 e. The van der Waals surface area contributed by atoms with Crippen LogP contribution < -0.4 is 0 Å². The average molecular weight is 208 g/mol. The first-order chi connectivity index (χ1) is 7.12. The van der Waals surface area contributed by atoms with Gasteiger partial charge in [-0.25, -0.2) is 4.98 Å². The van der Waals surface area contributed by atoms with E-state index < -0.39 is 0 Å². The lowest BCUT2D eigenvalue weighted by molar-refractivity contribution is 0.645. The van der Waals surface area contributed by atoms with Crippen molar-refractivity contribution in [2.45, 2.75) is 53.2 Å². The first kappa shape index (κ1) is 16.5. The zero-order chi connectivity index (χ0) is 12.2. The van der Waals surface area contributed by atoms with Crippen LogP contribution in [0.5, 0.6) is 0 Å². The first-order valence-electron chi connectivity index (χ1n) is 5.49. The van der Waals surface area contributed by atoms with Crippen molar-refractivity contribution >= 4 is 7.28 Å². The number of rotatable bonds is 2. The van der Waals surface area contributed by atoms with E-state index in [1.165, 1.54) is 18.9 Å². The van der Waals surface area contributed by atoms with E-state index in [4.69, 9.17) is 0 Å². The van der Waals surface area contributed by atoms with Gasteiger partial charge in [0.05, 0.1) is 6.20 Å². The maximum absolute atomic E-state index is 3.61. The molecule has 0 fully saturated rings. The average Bonchev–Trinajstić information content (AvgIpc) is 2.35. The highest BCUT2D eigenvalue weighted by atomic mass is 15.1. The largest absolute Gasteiger partial charge is 0.241 e. The van der Waals surface area contributed by atoms with Gasteiger partial charge in [0.1, 0.15) is 13.6 Å². The van der Waals surface area contributed by atoms with Crippen molar-refractivity contribution in [3.05, 3.63) is 18.7 Å². The minimum Gasteiger partial charge on any atom is -0.241 e. The lowest BCUT2D eigenvalue weighted by Gasteiger charge is -2.17. The van der Waals surface area contributed by atoms with Gasteiger partial charge in [-0.05, 0) is 0 Å². The molecule has 0 saturated carbocycles. The van der Waals surface area contributed by atoms with Gasteiger partial charge in [0, 0.05) is 6.20 Å². The molecular weight excluding hydrogens is 185 g/mol. The van der Waals surface area contributed by atoms with Gasteiger partial charge in [0.2, 0.25) is 0 Å². The standard InChI is InChI=1S/C6H14B.C3H3N3.C2H6/c1-5-6(2,3)7-4;1-2-5-6-3-4-1;1-2/h5H2,1-4H3;1-3H;1-2H3. The zero-order valence-corrected chi connectivity index (χ0v) is 10.9. The van der Waals surface area contributed by atoms with Gasteiger partial charge in [0.15, 0.2) is 0 Å². The number of hydrogen-bond donors (Lipinski definition) is 0. The van der Waals surface area contributed by atoms with Gasteiger partial charge in [0.25, 0.3) is 0 Å². The van der Waals surface area contributed by atoms with Gasteiger partial charge in [-0.2, -0.15) is 5.10 Å². The Kier molecular flexibility index (Phi) is 12.3. The van der Waals surface area contributed by atoms with Gasteiger partial charge in [-0.1, -0.05) is 53.2 Å². The van der Waals surface area contributed by atoms with Crippen LogP contribution in [0.2, 0.25) is 12.1 Å². The lowest BCUT2D eigenvalue weighted by atomic mass is 9.55. The number of nitrogens with zero attached hydrogens (tertiary/aromatic N) is 3. The number of hydrogen-bond acceptors (Lipinski definition) is 3. The highest BCUT2D eigenvalue weighted by Crippen LogP contribution is 2.25. The second-order valence-corrected chi connectivity index (χ2v) is 3.42. The molecule has 85 valence electrons. The molecule has 0 aromatic carbocycles. The highest BCUT2D eigenvalue weighted by Gasteiger charge is 2.10. The van der Waals surface area contributed by atoms with Crippen molar-refractivity contribution in [3.63, 3.8) is 0 Å². The molecule has 4 heteroatoms.